The average Bonchev–Trinajstić information content (AvgIpc) is 2.75. The smallest absolute Gasteiger partial charge is 0.0960 e. The third-order valence-corrected chi connectivity index (χ3v) is 2.36. The van der Waals surface area contributed by atoms with Crippen molar-refractivity contribution in [1.82, 2.24) is 15.0 Å². The summed E-state index contributed by atoms with van der Waals surface area (Å²) in [5.74, 6) is 0. The first kappa shape index (κ1) is 9.45. The third-order valence-electron chi connectivity index (χ3n) is 1.89. The van der Waals surface area contributed by atoms with Gasteiger partial charge in [0.05, 0.1) is 29.6 Å². The molecule has 1 atom stereocenters. The summed E-state index contributed by atoms with van der Waals surface area (Å²) < 4.78 is 6.76. The third kappa shape index (κ3) is 2.04. The second kappa shape index (κ2) is 3.96. The van der Waals surface area contributed by atoms with Crippen LogP contribution in [0.5, 0.6) is 0 Å². The summed E-state index contributed by atoms with van der Waals surface area (Å²) in [6.07, 6.45) is 5.28. The van der Waals surface area contributed by atoms with Crippen LogP contribution in [0.15, 0.2) is 29.2 Å². The number of alkyl halides is 1. The summed E-state index contributed by atoms with van der Waals surface area (Å²) in [5.41, 5.74) is 2.03. The maximum atomic E-state index is 4.97. The molecule has 0 radical (unpaired) electrons. The van der Waals surface area contributed by atoms with Gasteiger partial charge in [-0.3, -0.25) is 0 Å². The lowest BCUT2D eigenvalue weighted by atomic mass is 10.3. The van der Waals surface area contributed by atoms with Crippen molar-refractivity contribution >= 4 is 15.9 Å². The van der Waals surface area contributed by atoms with Gasteiger partial charge < -0.3 is 4.42 Å². The fourth-order valence-corrected chi connectivity index (χ4v) is 1.35. The van der Waals surface area contributed by atoms with E-state index in [-0.39, 0.29) is 4.83 Å². The quantitative estimate of drug-likeness (QED) is 0.792. The molecular formula is C9H10BrN3O. The van der Waals surface area contributed by atoms with E-state index in [2.05, 4.69) is 26.2 Å². The zero-order valence-corrected chi connectivity index (χ0v) is 9.31. The van der Waals surface area contributed by atoms with E-state index in [4.69, 9.17) is 4.42 Å². The summed E-state index contributed by atoms with van der Waals surface area (Å²) in [4.78, 5) is 0.237. The van der Waals surface area contributed by atoms with Crippen LogP contribution in [0.25, 0.3) is 0 Å². The Kier molecular flexibility index (Phi) is 2.67. The van der Waals surface area contributed by atoms with Crippen molar-refractivity contribution in [3.05, 3.63) is 36.0 Å². The fourth-order valence-electron chi connectivity index (χ4n) is 1.14. The molecule has 2 aromatic rings. The van der Waals surface area contributed by atoms with Crippen LogP contribution in [0.2, 0.25) is 0 Å². The summed E-state index contributed by atoms with van der Waals surface area (Å²) in [7, 11) is 0. The molecule has 5 heteroatoms. The predicted molar refractivity (Wildman–Crippen MR) is 55.2 cm³/mol. The normalized spacial score (nSPS) is 13.0. The highest BCUT2D eigenvalue weighted by atomic mass is 79.9. The van der Waals surface area contributed by atoms with Gasteiger partial charge in [-0.25, -0.2) is 4.68 Å². The number of halogens is 1. The lowest BCUT2D eigenvalue weighted by Crippen LogP contribution is -1.98. The molecule has 0 spiro atoms. The average molecular weight is 256 g/mol. The van der Waals surface area contributed by atoms with E-state index < -0.39 is 0 Å². The molecule has 0 amide bonds. The molecule has 2 rings (SSSR count). The van der Waals surface area contributed by atoms with Crippen molar-refractivity contribution in [3.8, 4) is 0 Å². The Bertz CT molecular complexity index is 394. The minimum atomic E-state index is 0.237. The second-order valence-electron chi connectivity index (χ2n) is 3.09. The number of hydrogen-bond acceptors (Lipinski definition) is 3. The summed E-state index contributed by atoms with van der Waals surface area (Å²) >= 11 is 3.44. The molecule has 0 aliphatic heterocycles. The number of nitrogens with zero attached hydrogens (tertiary/aromatic N) is 3. The molecule has 0 aromatic carbocycles. The zero-order chi connectivity index (χ0) is 9.97. The molecule has 2 heterocycles. The van der Waals surface area contributed by atoms with E-state index in [1.807, 2.05) is 19.2 Å². The molecule has 74 valence electrons. The molecule has 0 saturated carbocycles. The van der Waals surface area contributed by atoms with Crippen LogP contribution in [0.3, 0.4) is 0 Å². The van der Waals surface area contributed by atoms with Gasteiger partial charge in [-0.05, 0) is 13.0 Å². The van der Waals surface area contributed by atoms with Gasteiger partial charge in [0.15, 0.2) is 0 Å². The maximum absolute atomic E-state index is 4.97. The topological polar surface area (TPSA) is 43.9 Å². The van der Waals surface area contributed by atoms with E-state index in [1.165, 1.54) is 0 Å². The predicted octanol–water partition coefficient (Wildman–Crippen LogP) is 2.38. The van der Waals surface area contributed by atoms with Gasteiger partial charge in [-0.15, -0.1) is 5.10 Å². The minimum absolute atomic E-state index is 0.237. The second-order valence-corrected chi connectivity index (χ2v) is 4.46. The van der Waals surface area contributed by atoms with Crippen molar-refractivity contribution in [2.45, 2.75) is 18.3 Å². The van der Waals surface area contributed by atoms with E-state index in [1.54, 1.807) is 17.2 Å². The molecule has 0 bridgehead atoms. The number of rotatable bonds is 3. The SMILES string of the molecule is CC(Br)c1cn(Cc2ccoc2)nn1. The molecule has 4 nitrogen and oxygen atoms in total. The molecule has 1 unspecified atom stereocenters. The Morgan fingerprint density at radius 3 is 3.07 bits per heavy atom. The monoisotopic (exact) mass is 255 g/mol. The van der Waals surface area contributed by atoms with Gasteiger partial charge >= 0.3 is 0 Å². The van der Waals surface area contributed by atoms with Crippen molar-refractivity contribution in [1.29, 1.82) is 0 Å². The Morgan fingerprint density at radius 1 is 1.64 bits per heavy atom. The van der Waals surface area contributed by atoms with Crippen LogP contribution in [0.1, 0.15) is 23.0 Å². The van der Waals surface area contributed by atoms with Crippen LogP contribution in [-0.2, 0) is 6.54 Å². The van der Waals surface area contributed by atoms with Gasteiger partial charge in [0.25, 0.3) is 0 Å². The lowest BCUT2D eigenvalue weighted by Gasteiger charge is -1.95. The summed E-state index contributed by atoms with van der Waals surface area (Å²) in [6.45, 7) is 2.72. The Hall–Kier alpha value is -1.10. The van der Waals surface area contributed by atoms with Crippen LogP contribution >= 0.6 is 15.9 Å². The molecule has 0 aliphatic carbocycles. The zero-order valence-electron chi connectivity index (χ0n) is 7.72. The van der Waals surface area contributed by atoms with Crippen molar-refractivity contribution in [2.24, 2.45) is 0 Å². The largest absolute Gasteiger partial charge is 0.472 e. The van der Waals surface area contributed by atoms with Gasteiger partial charge in [-0.2, -0.15) is 0 Å². The van der Waals surface area contributed by atoms with E-state index in [0.29, 0.717) is 6.54 Å². The summed E-state index contributed by atoms with van der Waals surface area (Å²) in [5, 5.41) is 8.04. The van der Waals surface area contributed by atoms with Crippen LogP contribution < -0.4 is 0 Å². The minimum Gasteiger partial charge on any atom is -0.472 e. The lowest BCUT2D eigenvalue weighted by molar-refractivity contribution is 0.558. The van der Waals surface area contributed by atoms with E-state index in [9.17, 15) is 0 Å². The van der Waals surface area contributed by atoms with Gasteiger partial charge in [0.1, 0.15) is 0 Å². The molecule has 0 N–H and O–H groups in total. The maximum Gasteiger partial charge on any atom is 0.0960 e. The van der Waals surface area contributed by atoms with E-state index in [0.717, 1.165) is 11.3 Å². The number of hydrogen-bond donors (Lipinski definition) is 0. The fraction of sp³-hybridized carbons (Fsp3) is 0.333. The first-order valence-electron chi connectivity index (χ1n) is 4.31. The molecule has 0 fully saturated rings. The number of furan rings is 1. The molecule has 2 aromatic heterocycles. The van der Waals surface area contributed by atoms with Crippen LogP contribution in [0.4, 0.5) is 0 Å². The highest BCUT2D eigenvalue weighted by Gasteiger charge is 2.06. The van der Waals surface area contributed by atoms with Crippen molar-refractivity contribution in [3.63, 3.8) is 0 Å². The van der Waals surface area contributed by atoms with Gasteiger partial charge in [0, 0.05) is 11.8 Å². The van der Waals surface area contributed by atoms with Crippen molar-refractivity contribution in [2.75, 3.05) is 0 Å². The Morgan fingerprint density at radius 2 is 2.50 bits per heavy atom. The molecular weight excluding hydrogens is 246 g/mol. The highest BCUT2D eigenvalue weighted by Crippen LogP contribution is 2.18. The highest BCUT2D eigenvalue weighted by molar-refractivity contribution is 9.09. The molecule has 0 saturated heterocycles. The van der Waals surface area contributed by atoms with Gasteiger partial charge in [0.2, 0.25) is 0 Å². The Labute approximate surface area is 90.0 Å². The van der Waals surface area contributed by atoms with E-state index >= 15 is 0 Å². The molecule has 0 aliphatic rings. The van der Waals surface area contributed by atoms with Crippen LogP contribution in [-0.4, -0.2) is 15.0 Å². The van der Waals surface area contributed by atoms with Crippen LogP contribution in [0, 0.1) is 0 Å². The van der Waals surface area contributed by atoms with Gasteiger partial charge in [-0.1, -0.05) is 21.1 Å². The summed E-state index contributed by atoms with van der Waals surface area (Å²) in [6, 6.07) is 1.92. The standard InChI is InChI=1S/C9H10BrN3O/c1-7(10)9-5-13(12-11-9)4-8-2-3-14-6-8/h2-3,5-7H,4H2,1H3. The Balaban J connectivity index is 2.11. The first-order chi connectivity index (χ1) is 6.75. The first-order valence-corrected chi connectivity index (χ1v) is 5.22. The number of aromatic nitrogens is 3. The van der Waals surface area contributed by atoms with Crippen molar-refractivity contribution < 1.29 is 4.42 Å². The molecule has 14 heavy (non-hydrogen) atoms.